The predicted octanol–water partition coefficient (Wildman–Crippen LogP) is 5.20. The van der Waals surface area contributed by atoms with Gasteiger partial charge in [-0.3, -0.25) is 9.59 Å². The van der Waals surface area contributed by atoms with Gasteiger partial charge in [-0.2, -0.15) is 0 Å². The number of hydrogen-bond donors (Lipinski definition) is 1. The summed E-state index contributed by atoms with van der Waals surface area (Å²) in [5.74, 6) is -0.162. The third kappa shape index (κ3) is 3.40. The van der Waals surface area contributed by atoms with E-state index in [1.165, 1.54) is 6.92 Å². The molecule has 3 aromatic rings. The van der Waals surface area contributed by atoms with Crippen LogP contribution in [0.25, 0.3) is 10.9 Å². The Morgan fingerprint density at radius 3 is 2.58 bits per heavy atom. The molecule has 3 rings (SSSR count). The highest BCUT2D eigenvalue weighted by atomic mass is 16.2. The number of Topliss-reactive ketones (excluding diaryl/α,β-unsaturated/α-hetero) is 1. The van der Waals surface area contributed by atoms with Gasteiger partial charge in [-0.25, -0.2) is 0 Å². The van der Waals surface area contributed by atoms with Gasteiger partial charge >= 0.3 is 0 Å². The second-order valence-electron chi connectivity index (χ2n) is 6.59. The van der Waals surface area contributed by atoms with Gasteiger partial charge in [0.25, 0.3) is 5.91 Å². The molecule has 0 fully saturated rings. The first-order valence-corrected chi connectivity index (χ1v) is 9.03. The number of benzene rings is 2. The lowest BCUT2D eigenvalue weighted by Gasteiger charge is -2.12. The van der Waals surface area contributed by atoms with Crippen LogP contribution in [0.3, 0.4) is 0 Å². The van der Waals surface area contributed by atoms with Gasteiger partial charge in [-0.1, -0.05) is 43.7 Å². The van der Waals surface area contributed by atoms with Crippen LogP contribution >= 0.6 is 0 Å². The number of unbranched alkanes of at least 4 members (excludes halogenated alkanes) is 1. The second kappa shape index (κ2) is 7.56. The van der Waals surface area contributed by atoms with E-state index in [1.807, 2.05) is 19.1 Å². The summed E-state index contributed by atoms with van der Waals surface area (Å²) in [6.07, 6.45) is 2.07. The van der Waals surface area contributed by atoms with Gasteiger partial charge in [0.15, 0.2) is 5.78 Å². The number of amides is 1. The molecule has 0 atom stereocenters. The van der Waals surface area contributed by atoms with Crippen LogP contribution < -0.4 is 5.32 Å². The van der Waals surface area contributed by atoms with Crippen molar-refractivity contribution in [1.82, 2.24) is 4.57 Å². The first kappa shape index (κ1) is 17.9. The summed E-state index contributed by atoms with van der Waals surface area (Å²) in [4.78, 5) is 24.6. The van der Waals surface area contributed by atoms with E-state index in [9.17, 15) is 9.59 Å². The van der Waals surface area contributed by atoms with Crippen LogP contribution in [0.4, 0.5) is 5.69 Å². The minimum absolute atomic E-state index is 0.0191. The number of hydrogen-bond acceptors (Lipinski definition) is 2. The van der Waals surface area contributed by atoms with Crippen molar-refractivity contribution in [1.29, 1.82) is 0 Å². The fraction of sp³-hybridized carbons (Fsp3) is 0.273. The Kier molecular flexibility index (Phi) is 5.21. The number of nitrogens with one attached hydrogen (secondary N) is 1. The predicted molar refractivity (Wildman–Crippen MR) is 106 cm³/mol. The van der Waals surface area contributed by atoms with E-state index >= 15 is 0 Å². The zero-order valence-corrected chi connectivity index (χ0v) is 15.5. The molecule has 0 unspecified atom stereocenters. The van der Waals surface area contributed by atoms with E-state index in [1.54, 1.807) is 24.3 Å². The monoisotopic (exact) mass is 348 g/mol. The normalized spacial score (nSPS) is 10.9. The number of ketones is 1. The Bertz CT molecular complexity index is 969. The van der Waals surface area contributed by atoms with Crippen molar-refractivity contribution >= 4 is 28.3 Å². The Labute approximate surface area is 153 Å². The number of aromatic nitrogens is 1. The fourth-order valence-corrected chi connectivity index (χ4v) is 3.32. The molecule has 0 aliphatic carbocycles. The molecule has 0 saturated carbocycles. The summed E-state index contributed by atoms with van der Waals surface area (Å²) in [7, 11) is 0. The molecule has 4 heteroatoms. The smallest absolute Gasteiger partial charge is 0.272 e. The van der Waals surface area contributed by atoms with E-state index in [4.69, 9.17) is 0 Å². The third-order valence-corrected chi connectivity index (χ3v) is 4.70. The summed E-state index contributed by atoms with van der Waals surface area (Å²) in [6, 6.07) is 15.2. The summed E-state index contributed by atoms with van der Waals surface area (Å²) in [5.41, 5.74) is 3.98. The Morgan fingerprint density at radius 1 is 1.08 bits per heavy atom. The Hall–Kier alpha value is -2.88. The minimum atomic E-state index is -0.143. The van der Waals surface area contributed by atoms with Gasteiger partial charge in [0.1, 0.15) is 5.69 Å². The van der Waals surface area contributed by atoms with Crippen LogP contribution in [0, 0.1) is 6.92 Å². The average molecular weight is 348 g/mol. The van der Waals surface area contributed by atoms with Crippen molar-refractivity contribution in [3.05, 3.63) is 65.4 Å². The molecule has 0 saturated heterocycles. The summed E-state index contributed by atoms with van der Waals surface area (Å²) < 4.78 is 2.11. The van der Waals surface area contributed by atoms with Crippen molar-refractivity contribution in [2.24, 2.45) is 0 Å². The van der Waals surface area contributed by atoms with E-state index in [-0.39, 0.29) is 11.7 Å². The van der Waals surface area contributed by atoms with E-state index in [0.717, 1.165) is 35.9 Å². The maximum Gasteiger partial charge on any atom is 0.272 e. The van der Waals surface area contributed by atoms with Gasteiger partial charge in [0.05, 0.1) is 0 Å². The van der Waals surface area contributed by atoms with Crippen molar-refractivity contribution < 1.29 is 9.59 Å². The Balaban J connectivity index is 2.01. The number of fused-ring (bicyclic) bond motifs is 1. The Morgan fingerprint density at radius 2 is 1.85 bits per heavy atom. The number of para-hydroxylation sites is 1. The van der Waals surface area contributed by atoms with Crippen molar-refractivity contribution in [2.45, 2.75) is 40.2 Å². The van der Waals surface area contributed by atoms with Crippen LogP contribution in [-0.4, -0.2) is 16.3 Å². The molecule has 26 heavy (non-hydrogen) atoms. The summed E-state index contributed by atoms with van der Waals surface area (Å²) in [5, 5.41) is 4.06. The summed E-state index contributed by atoms with van der Waals surface area (Å²) >= 11 is 0. The van der Waals surface area contributed by atoms with Gasteiger partial charge in [0.2, 0.25) is 0 Å². The van der Waals surface area contributed by atoms with Gasteiger partial charge in [-0.15, -0.1) is 0 Å². The highest BCUT2D eigenvalue weighted by molar-refractivity contribution is 6.08. The number of carbonyl (C=O) groups is 2. The van der Waals surface area contributed by atoms with Crippen molar-refractivity contribution in [3.63, 3.8) is 0 Å². The molecule has 1 heterocycles. The maximum atomic E-state index is 13.1. The molecule has 0 bridgehead atoms. The highest BCUT2D eigenvalue weighted by Gasteiger charge is 2.20. The van der Waals surface area contributed by atoms with E-state index in [0.29, 0.717) is 16.9 Å². The standard InChI is InChI=1S/C22H24N2O2/c1-4-5-13-24-20-12-7-6-11-19(20)15(2)21(24)22(26)23-18-10-8-9-17(14-18)16(3)25/h6-12,14H,4-5,13H2,1-3H3,(H,23,26). The molecule has 0 spiro atoms. The number of aryl methyl sites for hydroxylation is 2. The topological polar surface area (TPSA) is 51.1 Å². The molecule has 134 valence electrons. The van der Waals surface area contributed by atoms with Gasteiger partial charge in [0, 0.05) is 28.7 Å². The molecule has 0 radical (unpaired) electrons. The van der Waals surface area contributed by atoms with E-state index < -0.39 is 0 Å². The molecule has 1 aromatic heterocycles. The molecule has 0 aliphatic heterocycles. The molecule has 0 aliphatic rings. The molecular weight excluding hydrogens is 324 g/mol. The average Bonchev–Trinajstić information content (AvgIpc) is 2.92. The number of carbonyl (C=O) groups excluding carboxylic acids is 2. The molecule has 2 aromatic carbocycles. The van der Waals surface area contributed by atoms with Gasteiger partial charge in [-0.05, 0) is 44.0 Å². The number of nitrogens with zero attached hydrogens (tertiary/aromatic N) is 1. The molecule has 1 N–H and O–H groups in total. The van der Waals surface area contributed by atoms with Crippen LogP contribution in [0.5, 0.6) is 0 Å². The first-order chi connectivity index (χ1) is 12.5. The molecule has 1 amide bonds. The SMILES string of the molecule is CCCCn1c(C(=O)Nc2cccc(C(C)=O)c2)c(C)c2ccccc21. The maximum absolute atomic E-state index is 13.1. The lowest BCUT2D eigenvalue weighted by atomic mass is 10.1. The van der Waals surface area contributed by atoms with Crippen LogP contribution in [0.1, 0.15) is 53.1 Å². The van der Waals surface area contributed by atoms with Gasteiger partial charge < -0.3 is 9.88 Å². The fourth-order valence-electron chi connectivity index (χ4n) is 3.32. The zero-order valence-electron chi connectivity index (χ0n) is 15.5. The first-order valence-electron chi connectivity index (χ1n) is 9.03. The molecule has 4 nitrogen and oxygen atoms in total. The van der Waals surface area contributed by atoms with E-state index in [2.05, 4.69) is 28.9 Å². The second-order valence-corrected chi connectivity index (χ2v) is 6.59. The number of anilines is 1. The third-order valence-electron chi connectivity index (χ3n) is 4.70. The largest absolute Gasteiger partial charge is 0.336 e. The number of rotatable bonds is 6. The highest BCUT2D eigenvalue weighted by Crippen LogP contribution is 2.27. The lowest BCUT2D eigenvalue weighted by Crippen LogP contribution is -2.18. The molecular formula is C22H24N2O2. The van der Waals surface area contributed by atoms with Crippen LogP contribution in [0.2, 0.25) is 0 Å². The summed E-state index contributed by atoms with van der Waals surface area (Å²) in [6.45, 7) is 6.46. The zero-order chi connectivity index (χ0) is 18.7. The quantitative estimate of drug-likeness (QED) is 0.622. The van der Waals surface area contributed by atoms with Crippen LogP contribution in [-0.2, 0) is 6.54 Å². The van der Waals surface area contributed by atoms with Crippen molar-refractivity contribution in [2.75, 3.05) is 5.32 Å². The van der Waals surface area contributed by atoms with Crippen molar-refractivity contribution in [3.8, 4) is 0 Å². The lowest BCUT2D eigenvalue weighted by molar-refractivity contribution is 0.100. The minimum Gasteiger partial charge on any atom is -0.336 e. The van der Waals surface area contributed by atoms with Crippen LogP contribution in [0.15, 0.2) is 48.5 Å².